The molecule has 1 atom stereocenters. The van der Waals surface area contributed by atoms with Crippen LogP contribution < -0.4 is 5.32 Å². The highest BCUT2D eigenvalue weighted by molar-refractivity contribution is 4.73. The van der Waals surface area contributed by atoms with Gasteiger partial charge in [0.1, 0.15) is 0 Å². The van der Waals surface area contributed by atoms with Crippen LogP contribution in [0.5, 0.6) is 0 Å². The van der Waals surface area contributed by atoms with E-state index in [-0.39, 0.29) is 0 Å². The first kappa shape index (κ1) is 13.9. The first-order chi connectivity index (χ1) is 6.63. The minimum absolute atomic E-state index is 0.648. The van der Waals surface area contributed by atoms with Crippen LogP contribution in [-0.2, 0) is 0 Å². The molecule has 0 amide bonds. The van der Waals surface area contributed by atoms with Crippen LogP contribution in [0.1, 0.15) is 47.0 Å². The molecule has 14 heavy (non-hydrogen) atoms. The molecule has 0 aromatic carbocycles. The number of nitrogens with zero attached hydrogens (tertiary/aromatic N) is 1. The molecule has 86 valence electrons. The van der Waals surface area contributed by atoms with E-state index in [0.29, 0.717) is 12.1 Å². The van der Waals surface area contributed by atoms with Crippen molar-refractivity contribution in [3.05, 3.63) is 0 Å². The summed E-state index contributed by atoms with van der Waals surface area (Å²) in [6.45, 7) is 11.3. The summed E-state index contributed by atoms with van der Waals surface area (Å²) in [5, 5.41) is 3.51. The molecule has 1 N–H and O–H groups in total. The molecule has 1 unspecified atom stereocenters. The van der Waals surface area contributed by atoms with Crippen molar-refractivity contribution in [2.24, 2.45) is 0 Å². The predicted molar refractivity (Wildman–Crippen MR) is 64.8 cm³/mol. The van der Waals surface area contributed by atoms with Gasteiger partial charge in [-0.2, -0.15) is 0 Å². The zero-order chi connectivity index (χ0) is 11.0. The standard InChI is InChI=1S/C12H28N2/c1-6-8-12(10-13-9-7-2)14(5)11(3)4/h11-13H,6-10H2,1-5H3. The van der Waals surface area contributed by atoms with Gasteiger partial charge in [-0.25, -0.2) is 0 Å². The Morgan fingerprint density at radius 1 is 1.14 bits per heavy atom. The van der Waals surface area contributed by atoms with E-state index in [1.54, 1.807) is 0 Å². The number of hydrogen-bond donors (Lipinski definition) is 1. The zero-order valence-corrected chi connectivity index (χ0v) is 10.6. The summed E-state index contributed by atoms with van der Waals surface area (Å²) >= 11 is 0. The maximum Gasteiger partial charge on any atom is 0.0220 e. The second-order valence-corrected chi connectivity index (χ2v) is 4.41. The molecule has 0 saturated heterocycles. The molecular formula is C12H28N2. The molecule has 0 fully saturated rings. The van der Waals surface area contributed by atoms with Gasteiger partial charge in [-0.15, -0.1) is 0 Å². The summed E-state index contributed by atoms with van der Waals surface area (Å²) < 4.78 is 0. The third kappa shape index (κ3) is 5.61. The Labute approximate surface area is 90.1 Å². The first-order valence-electron chi connectivity index (χ1n) is 6.06. The molecule has 0 heterocycles. The largest absolute Gasteiger partial charge is 0.315 e. The van der Waals surface area contributed by atoms with E-state index in [2.05, 4.69) is 45.0 Å². The van der Waals surface area contributed by atoms with E-state index in [0.717, 1.165) is 13.1 Å². The summed E-state index contributed by atoms with van der Waals surface area (Å²) in [5.41, 5.74) is 0. The van der Waals surface area contributed by atoms with Gasteiger partial charge >= 0.3 is 0 Å². The van der Waals surface area contributed by atoms with Crippen molar-refractivity contribution in [3.63, 3.8) is 0 Å². The Hall–Kier alpha value is -0.0800. The quantitative estimate of drug-likeness (QED) is 0.606. The van der Waals surface area contributed by atoms with Crippen LogP contribution in [0.4, 0.5) is 0 Å². The van der Waals surface area contributed by atoms with Crippen molar-refractivity contribution in [3.8, 4) is 0 Å². The van der Waals surface area contributed by atoms with Gasteiger partial charge in [-0.3, -0.25) is 4.90 Å². The first-order valence-corrected chi connectivity index (χ1v) is 6.06. The fourth-order valence-electron chi connectivity index (χ4n) is 1.65. The van der Waals surface area contributed by atoms with Crippen molar-refractivity contribution < 1.29 is 0 Å². The van der Waals surface area contributed by atoms with Crippen molar-refractivity contribution in [1.82, 2.24) is 10.2 Å². The van der Waals surface area contributed by atoms with Crippen LogP contribution in [0.25, 0.3) is 0 Å². The summed E-state index contributed by atoms with van der Waals surface area (Å²) in [6.07, 6.45) is 3.80. The van der Waals surface area contributed by atoms with E-state index in [1.807, 2.05) is 0 Å². The highest BCUT2D eigenvalue weighted by Crippen LogP contribution is 2.07. The van der Waals surface area contributed by atoms with Gasteiger partial charge in [-0.05, 0) is 40.3 Å². The topological polar surface area (TPSA) is 15.3 Å². The maximum absolute atomic E-state index is 3.51. The lowest BCUT2D eigenvalue weighted by molar-refractivity contribution is 0.180. The van der Waals surface area contributed by atoms with E-state index in [9.17, 15) is 0 Å². The summed E-state index contributed by atoms with van der Waals surface area (Å²) in [5.74, 6) is 0. The van der Waals surface area contributed by atoms with Gasteiger partial charge in [0.25, 0.3) is 0 Å². The number of likely N-dealkylation sites (N-methyl/N-ethyl adjacent to an activating group) is 1. The van der Waals surface area contributed by atoms with Crippen LogP contribution in [0.15, 0.2) is 0 Å². The van der Waals surface area contributed by atoms with Crippen molar-refractivity contribution in [2.45, 2.75) is 59.0 Å². The minimum atomic E-state index is 0.648. The van der Waals surface area contributed by atoms with E-state index >= 15 is 0 Å². The third-order valence-electron chi connectivity index (χ3n) is 2.82. The normalized spacial score (nSPS) is 13.9. The Morgan fingerprint density at radius 3 is 2.21 bits per heavy atom. The summed E-state index contributed by atoms with van der Waals surface area (Å²) in [4.78, 5) is 2.48. The van der Waals surface area contributed by atoms with Gasteiger partial charge < -0.3 is 5.32 Å². The monoisotopic (exact) mass is 200 g/mol. The fourth-order valence-corrected chi connectivity index (χ4v) is 1.65. The zero-order valence-electron chi connectivity index (χ0n) is 10.6. The van der Waals surface area contributed by atoms with Gasteiger partial charge in [0.05, 0.1) is 0 Å². The number of rotatable bonds is 8. The third-order valence-corrected chi connectivity index (χ3v) is 2.82. The van der Waals surface area contributed by atoms with Gasteiger partial charge in [0.15, 0.2) is 0 Å². The minimum Gasteiger partial charge on any atom is -0.315 e. The molecule has 2 heteroatoms. The highest BCUT2D eigenvalue weighted by Gasteiger charge is 2.15. The smallest absolute Gasteiger partial charge is 0.0220 e. The molecule has 0 aromatic heterocycles. The lowest BCUT2D eigenvalue weighted by Crippen LogP contribution is -2.43. The molecule has 0 spiro atoms. The highest BCUT2D eigenvalue weighted by atomic mass is 15.2. The van der Waals surface area contributed by atoms with Gasteiger partial charge in [0.2, 0.25) is 0 Å². The molecule has 0 aliphatic heterocycles. The Bertz CT molecular complexity index is 123. The average molecular weight is 200 g/mol. The maximum atomic E-state index is 3.51. The predicted octanol–water partition coefficient (Wildman–Crippen LogP) is 2.49. The van der Waals surface area contributed by atoms with Crippen LogP contribution >= 0.6 is 0 Å². The Morgan fingerprint density at radius 2 is 1.79 bits per heavy atom. The molecule has 0 aliphatic carbocycles. The molecular weight excluding hydrogens is 172 g/mol. The van der Waals surface area contributed by atoms with Crippen molar-refractivity contribution in [1.29, 1.82) is 0 Å². The lowest BCUT2D eigenvalue weighted by atomic mass is 10.1. The molecule has 0 aromatic rings. The SMILES string of the molecule is CCCNCC(CCC)N(C)C(C)C. The van der Waals surface area contributed by atoms with Crippen LogP contribution in [0.3, 0.4) is 0 Å². The van der Waals surface area contributed by atoms with E-state index in [1.165, 1.54) is 19.3 Å². The van der Waals surface area contributed by atoms with Crippen LogP contribution in [0, 0.1) is 0 Å². The molecule has 0 radical (unpaired) electrons. The van der Waals surface area contributed by atoms with E-state index in [4.69, 9.17) is 0 Å². The molecule has 2 nitrogen and oxygen atoms in total. The number of hydrogen-bond acceptors (Lipinski definition) is 2. The molecule has 0 bridgehead atoms. The van der Waals surface area contributed by atoms with E-state index < -0.39 is 0 Å². The fraction of sp³-hybridized carbons (Fsp3) is 1.00. The number of nitrogens with one attached hydrogen (secondary N) is 1. The molecule has 0 aliphatic rings. The second-order valence-electron chi connectivity index (χ2n) is 4.41. The lowest BCUT2D eigenvalue weighted by Gasteiger charge is -2.31. The molecule has 0 rings (SSSR count). The van der Waals surface area contributed by atoms with Gasteiger partial charge in [-0.1, -0.05) is 20.3 Å². The summed E-state index contributed by atoms with van der Waals surface area (Å²) in [7, 11) is 2.23. The van der Waals surface area contributed by atoms with Gasteiger partial charge in [0, 0.05) is 18.6 Å². The van der Waals surface area contributed by atoms with Crippen LogP contribution in [0.2, 0.25) is 0 Å². The average Bonchev–Trinajstić information content (AvgIpc) is 2.15. The molecule has 0 saturated carbocycles. The Kier molecular flexibility index (Phi) is 8.20. The van der Waals surface area contributed by atoms with Crippen molar-refractivity contribution in [2.75, 3.05) is 20.1 Å². The van der Waals surface area contributed by atoms with Crippen molar-refractivity contribution >= 4 is 0 Å². The van der Waals surface area contributed by atoms with Crippen LogP contribution in [-0.4, -0.2) is 37.1 Å². The Balaban J connectivity index is 3.87. The summed E-state index contributed by atoms with van der Waals surface area (Å²) in [6, 6.07) is 1.35. The second kappa shape index (κ2) is 8.25.